The molecule has 1 aromatic heterocycles. The number of nitrogens with two attached hydrogens (primary N) is 1. The molecule has 3 aliphatic rings. The lowest BCUT2D eigenvalue weighted by Crippen LogP contribution is -2.47. The molecular formula is C27H31N5O7. The van der Waals surface area contributed by atoms with E-state index in [1.54, 1.807) is 0 Å². The van der Waals surface area contributed by atoms with Crippen molar-refractivity contribution in [2.75, 3.05) is 25.6 Å². The summed E-state index contributed by atoms with van der Waals surface area (Å²) in [4.78, 5) is 43.6. The quantitative estimate of drug-likeness (QED) is 0.410. The van der Waals surface area contributed by atoms with Gasteiger partial charge in [-0.25, -0.2) is 4.79 Å². The summed E-state index contributed by atoms with van der Waals surface area (Å²) in [7, 11) is 3.89. The molecule has 5 rings (SSSR count). The molecule has 1 saturated heterocycles. The lowest BCUT2D eigenvalue weighted by Gasteiger charge is -2.42. The maximum atomic E-state index is 13.7. The van der Waals surface area contributed by atoms with E-state index in [1.165, 1.54) is 6.20 Å². The fourth-order valence-corrected chi connectivity index (χ4v) is 5.94. The van der Waals surface area contributed by atoms with Crippen molar-refractivity contribution in [2.45, 2.75) is 55.6 Å². The average Bonchev–Trinajstić information content (AvgIpc) is 3.28. The second-order valence-electron chi connectivity index (χ2n) is 10.5. The molecule has 206 valence electrons. The molecule has 0 amide bonds. The normalized spacial score (nSPS) is 30.4. The molecule has 12 nitrogen and oxygen atoms in total. The number of ketones is 1. The van der Waals surface area contributed by atoms with E-state index in [2.05, 4.69) is 4.98 Å². The molecule has 7 atom stereocenters. The SMILES string of the molecule is CN(C)c1ccc(C2CC(=O)C3C(C2)OC(N)=C(C#N)C3c2cn([C@@H]3C[C@@H](O)[C@H](CO)O3)c(=O)[nH]c2=O)cc1. The maximum absolute atomic E-state index is 13.7. The highest BCUT2D eigenvalue weighted by Crippen LogP contribution is 2.47. The zero-order chi connectivity index (χ0) is 28.0. The van der Waals surface area contributed by atoms with Gasteiger partial charge in [0.25, 0.3) is 5.56 Å². The van der Waals surface area contributed by atoms with Crippen LogP contribution in [0.15, 0.2) is 51.5 Å². The summed E-state index contributed by atoms with van der Waals surface area (Å²) in [5.74, 6) is -2.37. The third kappa shape index (κ3) is 4.73. The van der Waals surface area contributed by atoms with E-state index in [-0.39, 0.29) is 41.6 Å². The maximum Gasteiger partial charge on any atom is 0.330 e. The molecule has 2 aromatic rings. The van der Waals surface area contributed by atoms with Crippen molar-refractivity contribution in [1.29, 1.82) is 5.26 Å². The van der Waals surface area contributed by atoms with Gasteiger partial charge >= 0.3 is 5.69 Å². The second-order valence-corrected chi connectivity index (χ2v) is 10.5. The largest absolute Gasteiger partial charge is 0.474 e. The van der Waals surface area contributed by atoms with Gasteiger partial charge in [-0.15, -0.1) is 0 Å². The van der Waals surface area contributed by atoms with E-state index in [0.29, 0.717) is 6.42 Å². The number of nitrogens with zero attached hydrogens (tertiary/aromatic N) is 3. The van der Waals surface area contributed by atoms with Crippen molar-refractivity contribution in [1.82, 2.24) is 9.55 Å². The minimum absolute atomic E-state index is 0.0000687. The Hall–Kier alpha value is -3.92. The first-order valence-electron chi connectivity index (χ1n) is 12.8. The summed E-state index contributed by atoms with van der Waals surface area (Å²) in [6.07, 6.45) is -1.64. The van der Waals surface area contributed by atoms with E-state index in [0.717, 1.165) is 15.8 Å². The monoisotopic (exact) mass is 537 g/mol. The van der Waals surface area contributed by atoms with Gasteiger partial charge in [0, 0.05) is 50.3 Å². The predicted molar refractivity (Wildman–Crippen MR) is 139 cm³/mol. The van der Waals surface area contributed by atoms with Crippen LogP contribution in [-0.2, 0) is 14.3 Å². The Morgan fingerprint density at radius 1 is 1.21 bits per heavy atom. The Bertz CT molecular complexity index is 1450. The second kappa shape index (κ2) is 10.3. The number of carbonyl (C=O) groups is 1. The number of aromatic amines is 1. The number of aliphatic hydroxyl groups excluding tert-OH is 2. The molecule has 5 N–H and O–H groups in total. The number of H-pyrrole nitrogens is 1. The minimum Gasteiger partial charge on any atom is -0.474 e. The number of benzene rings is 1. The molecule has 4 unspecified atom stereocenters. The summed E-state index contributed by atoms with van der Waals surface area (Å²) >= 11 is 0. The first kappa shape index (κ1) is 26.7. The van der Waals surface area contributed by atoms with Crippen LogP contribution in [0.4, 0.5) is 5.69 Å². The van der Waals surface area contributed by atoms with Gasteiger partial charge in [0.15, 0.2) is 5.88 Å². The van der Waals surface area contributed by atoms with Crippen LogP contribution >= 0.6 is 0 Å². The number of aliphatic hydroxyl groups is 2. The molecule has 39 heavy (non-hydrogen) atoms. The topological polar surface area (TPSA) is 184 Å². The Morgan fingerprint density at radius 3 is 2.54 bits per heavy atom. The number of hydrogen-bond acceptors (Lipinski definition) is 10. The lowest BCUT2D eigenvalue weighted by atomic mass is 9.66. The molecule has 0 bridgehead atoms. The van der Waals surface area contributed by atoms with Gasteiger partial charge in [0.05, 0.1) is 24.2 Å². The molecule has 1 saturated carbocycles. The zero-order valence-electron chi connectivity index (χ0n) is 21.6. The van der Waals surface area contributed by atoms with Crippen LogP contribution in [0.5, 0.6) is 0 Å². The fraction of sp³-hybridized carbons (Fsp3) is 0.481. The predicted octanol–water partition coefficient (Wildman–Crippen LogP) is 0.182. The molecule has 2 aliphatic heterocycles. The van der Waals surface area contributed by atoms with E-state index < -0.39 is 54.2 Å². The Labute approximate surface area is 223 Å². The van der Waals surface area contributed by atoms with Gasteiger partial charge in [0.2, 0.25) is 0 Å². The van der Waals surface area contributed by atoms with Gasteiger partial charge in [-0.2, -0.15) is 5.26 Å². The number of aromatic nitrogens is 2. The number of hydrogen-bond donors (Lipinski definition) is 4. The highest BCUT2D eigenvalue weighted by atomic mass is 16.5. The van der Waals surface area contributed by atoms with Gasteiger partial charge < -0.3 is 30.3 Å². The summed E-state index contributed by atoms with van der Waals surface area (Å²) in [5.41, 5.74) is 6.55. The van der Waals surface area contributed by atoms with Crippen LogP contribution in [-0.4, -0.2) is 64.6 Å². The van der Waals surface area contributed by atoms with Crippen molar-refractivity contribution < 1.29 is 24.5 Å². The number of fused-ring (bicyclic) bond motifs is 1. The highest BCUT2D eigenvalue weighted by molar-refractivity contribution is 5.85. The molecule has 2 fully saturated rings. The number of carbonyl (C=O) groups excluding carboxylic acids is 1. The number of rotatable bonds is 5. The van der Waals surface area contributed by atoms with Gasteiger partial charge in [-0.1, -0.05) is 12.1 Å². The number of allylic oxidation sites excluding steroid dienone is 1. The third-order valence-corrected chi connectivity index (χ3v) is 7.98. The Balaban J connectivity index is 1.52. The summed E-state index contributed by atoms with van der Waals surface area (Å²) in [5, 5.41) is 29.5. The smallest absolute Gasteiger partial charge is 0.330 e. The number of ether oxygens (including phenoxy) is 2. The van der Waals surface area contributed by atoms with Crippen LogP contribution in [0.2, 0.25) is 0 Å². The van der Waals surface area contributed by atoms with E-state index in [4.69, 9.17) is 15.2 Å². The minimum atomic E-state index is -1.03. The fourth-order valence-electron chi connectivity index (χ4n) is 5.94. The Morgan fingerprint density at radius 2 is 1.92 bits per heavy atom. The number of nitriles is 1. The van der Waals surface area contributed by atoms with Crippen LogP contribution in [0, 0.1) is 17.2 Å². The van der Waals surface area contributed by atoms with E-state index >= 15 is 0 Å². The zero-order valence-corrected chi connectivity index (χ0v) is 21.6. The van der Waals surface area contributed by atoms with Gasteiger partial charge in [-0.05, 0) is 30.0 Å². The van der Waals surface area contributed by atoms with Crippen LogP contribution in [0.3, 0.4) is 0 Å². The number of Topliss-reactive ketones (excluding diaryl/α,β-unsaturated/α-hetero) is 1. The van der Waals surface area contributed by atoms with Crippen LogP contribution < -0.4 is 21.9 Å². The summed E-state index contributed by atoms with van der Waals surface area (Å²) in [6.45, 7) is -0.447. The van der Waals surface area contributed by atoms with E-state index in [9.17, 15) is 29.9 Å². The van der Waals surface area contributed by atoms with Crippen molar-refractivity contribution >= 4 is 11.5 Å². The van der Waals surface area contributed by atoms with Crippen LogP contribution in [0.25, 0.3) is 0 Å². The number of anilines is 1. The van der Waals surface area contributed by atoms with Crippen molar-refractivity contribution in [3.05, 3.63) is 73.9 Å². The van der Waals surface area contributed by atoms with E-state index in [1.807, 2.05) is 49.3 Å². The Kier molecular flexibility index (Phi) is 7.07. The number of nitrogens with one attached hydrogen (secondary N) is 1. The molecule has 0 spiro atoms. The molecular weight excluding hydrogens is 506 g/mol. The first-order chi connectivity index (χ1) is 18.6. The van der Waals surface area contributed by atoms with Gasteiger partial charge in [0.1, 0.15) is 30.3 Å². The lowest BCUT2D eigenvalue weighted by molar-refractivity contribution is -0.133. The van der Waals surface area contributed by atoms with Gasteiger partial charge in [-0.3, -0.25) is 19.1 Å². The third-order valence-electron chi connectivity index (χ3n) is 7.98. The molecule has 12 heteroatoms. The first-order valence-corrected chi connectivity index (χ1v) is 12.8. The van der Waals surface area contributed by atoms with Crippen molar-refractivity contribution in [2.24, 2.45) is 11.7 Å². The summed E-state index contributed by atoms with van der Waals surface area (Å²) < 4.78 is 12.6. The van der Waals surface area contributed by atoms with Crippen molar-refractivity contribution in [3.8, 4) is 6.07 Å². The molecule has 1 aromatic carbocycles. The standard InChI is InChI=1S/C27H31N5O7/c1-31(2)15-5-3-13(4-6-15)14-7-19(35)24-20(8-14)39-25(29)16(10-28)23(24)17-11-32(27(37)30-26(17)36)22-9-18(34)21(12-33)38-22/h3-6,11,14,18,20-24,33-34H,7-9,12,29H2,1-2H3,(H,30,36,37)/t14?,18-,20?,21+,22+,23?,24?/m1/s1. The highest BCUT2D eigenvalue weighted by Gasteiger charge is 2.50. The van der Waals surface area contributed by atoms with Crippen molar-refractivity contribution in [3.63, 3.8) is 0 Å². The summed E-state index contributed by atoms with van der Waals surface area (Å²) in [6, 6.07) is 9.90. The molecule has 0 radical (unpaired) electrons. The molecule has 3 heterocycles. The van der Waals surface area contributed by atoms with Crippen LogP contribution in [0.1, 0.15) is 48.5 Å². The molecule has 1 aliphatic carbocycles. The average molecular weight is 538 g/mol.